The minimum absolute atomic E-state index is 0. The molecule has 18 heavy (non-hydrogen) atoms. The van der Waals surface area contributed by atoms with Gasteiger partial charge < -0.3 is 17.7 Å². The Hall–Kier alpha value is 0.511. The number of benzene rings is 1. The molecule has 0 heterocycles. The first-order valence-electron chi connectivity index (χ1n) is 5.90. The third kappa shape index (κ3) is 4.27. The van der Waals surface area contributed by atoms with E-state index in [1.807, 2.05) is 0 Å². The Labute approximate surface area is 148 Å². The van der Waals surface area contributed by atoms with Crippen LogP contribution in [0.3, 0.4) is 0 Å². The van der Waals surface area contributed by atoms with E-state index in [0.29, 0.717) is 23.8 Å². The van der Waals surface area contributed by atoms with Crippen LogP contribution in [0, 0.1) is 12.8 Å². The topological polar surface area (TPSA) is 9.23 Å². The van der Waals surface area contributed by atoms with Crippen LogP contribution in [-0.2, 0) is 0 Å². The van der Waals surface area contributed by atoms with Gasteiger partial charge in [-0.05, 0) is 37.3 Å². The Morgan fingerprint density at radius 1 is 1.28 bits per heavy atom. The van der Waals surface area contributed by atoms with Crippen LogP contribution in [-0.4, -0.2) is 13.6 Å². The summed E-state index contributed by atoms with van der Waals surface area (Å²) in [5.74, 6) is 1.15. The first kappa shape index (κ1) is 16.6. The summed E-state index contributed by atoms with van der Waals surface area (Å²) < 4.78 is 43.0. The molecule has 0 amide bonds. The molecule has 94 valence electrons. The molecule has 0 unspecified atom stereocenters. The van der Waals surface area contributed by atoms with Gasteiger partial charge in [0.15, 0.2) is 0 Å². The van der Waals surface area contributed by atoms with Crippen molar-refractivity contribution in [3.63, 3.8) is 0 Å². The van der Waals surface area contributed by atoms with E-state index in [4.69, 9.17) is 4.74 Å². The fourth-order valence-corrected chi connectivity index (χ4v) is 1.91. The number of ether oxygens (including phenoxy) is 1. The zero-order chi connectivity index (χ0) is 12.5. The molecule has 1 aliphatic rings. The van der Waals surface area contributed by atoms with E-state index in [1.54, 1.807) is 6.92 Å². The molecular weight excluding hydrogens is 267 g/mol. The SMILES string of the molecule is Cc1cc([B-](F)(F)F)ccc1OCC1CCC1.[K+]. The van der Waals surface area contributed by atoms with Crippen molar-refractivity contribution in [3.05, 3.63) is 23.8 Å². The smallest absolute Gasteiger partial charge is 0.493 e. The van der Waals surface area contributed by atoms with E-state index in [0.717, 1.165) is 12.1 Å². The monoisotopic (exact) mass is 282 g/mol. The van der Waals surface area contributed by atoms with E-state index >= 15 is 0 Å². The summed E-state index contributed by atoms with van der Waals surface area (Å²) in [7, 11) is 0. The van der Waals surface area contributed by atoms with Gasteiger partial charge in [0.2, 0.25) is 0 Å². The predicted octanol–water partition coefficient (Wildman–Crippen LogP) is 0.232. The normalized spacial score (nSPS) is 15.8. The number of hydrogen-bond acceptors (Lipinski definition) is 1. The van der Waals surface area contributed by atoms with Gasteiger partial charge in [-0.15, -0.1) is 5.46 Å². The molecular formula is C12H15BF3KO. The standard InChI is InChI=1S/C12H15BF3O.K/c1-9-7-11(13(14,15)16)5-6-12(9)17-8-10-3-2-4-10;/h5-7,10H,2-4,8H2,1H3;/q-1;+1. The van der Waals surface area contributed by atoms with Crippen molar-refractivity contribution in [2.75, 3.05) is 6.61 Å². The molecule has 1 aliphatic carbocycles. The van der Waals surface area contributed by atoms with Gasteiger partial charge >= 0.3 is 58.4 Å². The maximum absolute atomic E-state index is 12.5. The predicted molar refractivity (Wildman–Crippen MR) is 62.7 cm³/mol. The molecule has 0 aliphatic heterocycles. The summed E-state index contributed by atoms with van der Waals surface area (Å²) in [6, 6.07) is 3.69. The summed E-state index contributed by atoms with van der Waals surface area (Å²) in [5, 5.41) is 0. The summed E-state index contributed by atoms with van der Waals surface area (Å²) in [5.41, 5.74) is -0.000447. The third-order valence-corrected chi connectivity index (χ3v) is 3.28. The van der Waals surface area contributed by atoms with Crippen LogP contribution in [0.15, 0.2) is 18.2 Å². The molecule has 1 saturated carbocycles. The molecule has 0 N–H and O–H groups in total. The molecule has 6 heteroatoms. The Morgan fingerprint density at radius 2 is 1.94 bits per heavy atom. The second-order valence-electron chi connectivity index (χ2n) is 4.71. The van der Waals surface area contributed by atoms with Crippen molar-refractivity contribution in [2.24, 2.45) is 5.92 Å². The van der Waals surface area contributed by atoms with E-state index < -0.39 is 12.4 Å². The Kier molecular flexibility index (Phi) is 6.25. The van der Waals surface area contributed by atoms with Crippen molar-refractivity contribution in [3.8, 4) is 5.75 Å². The van der Waals surface area contributed by atoms with Crippen LogP contribution >= 0.6 is 0 Å². The van der Waals surface area contributed by atoms with Crippen LogP contribution in [0.25, 0.3) is 0 Å². The number of rotatable bonds is 4. The minimum Gasteiger partial charge on any atom is -0.493 e. The van der Waals surface area contributed by atoms with Gasteiger partial charge in [-0.1, -0.05) is 18.6 Å². The van der Waals surface area contributed by atoms with Gasteiger partial charge in [-0.25, -0.2) is 0 Å². The van der Waals surface area contributed by atoms with E-state index in [-0.39, 0.29) is 51.4 Å². The summed E-state index contributed by atoms with van der Waals surface area (Å²) in [4.78, 5) is 0. The summed E-state index contributed by atoms with van der Waals surface area (Å²) in [6.07, 6.45) is 3.58. The minimum atomic E-state index is -4.91. The van der Waals surface area contributed by atoms with Crippen molar-refractivity contribution < 1.29 is 69.1 Å². The van der Waals surface area contributed by atoms with Gasteiger partial charge in [0, 0.05) is 0 Å². The van der Waals surface area contributed by atoms with Crippen molar-refractivity contribution in [2.45, 2.75) is 26.2 Å². The number of aryl methyl sites for hydroxylation is 1. The van der Waals surface area contributed by atoms with E-state index in [1.165, 1.54) is 25.3 Å². The molecule has 1 aromatic rings. The van der Waals surface area contributed by atoms with Crippen molar-refractivity contribution in [1.82, 2.24) is 0 Å². The van der Waals surface area contributed by atoms with Gasteiger partial charge in [0.05, 0.1) is 6.61 Å². The van der Waals surface area contributed by atoms with Crippen LogP contribution in [0.5, 0.6) is 5.75 Å². The van der Waals surface area contributed by atoms with Crippen LogP contribution in [0.1, 0.15) is 24.8 Å². The first-order valence-corrected chi connectivity index (χ1v) is 5.90. The van der Waals surface area contributed by atoms with Gasteiger partial charge in [0.25, 0.3) is 0 Å². The largest absolute Gasteiger partial charge is 1.00 e. The molecule has 0 bridgehead atoms. The molecule has 0 aromatic heterocycles. The Balaban J connectivity index is 0.00000162. The zero-order valence-electron chi connectivity index (χ0n) is 10.8. The average molecular weight is 282 g/mol. The molecule has 0 atom stereocenters. The molecule has 1 nitrogen and oxygen atoms in total. The summed E-state index contributed by atoms with van der Waals surface area (Å²) >= 11 is 0. The maximum atomic E-state index is 12.5. The number of halogens is 3. The van der Waals surface area contributed by atoms with Crippen LogP contribution < -0.4 is 61.6 Å². The van der Waals surface area contributed by atoms with Crippen molar-refractivity contribution in [1.29, 1.82) is 0 Å². The average Bonchev–Trinajstić information content (AvgIpc) is 2.16. The fourth-order valence-electron chi connectivity index (χ4n) is 1.91. The van der Waals surface area contributed by atoms with Gasteiger partial charge in [-0.2, -0.15) is 0 Å². The molecule has 1 aromatic carbocycles. The number of hydrogen-bond donors (Lipinski definition) is 0. The van der Waals surface area contributed by atoms with Crippen molar-refractivity contribution >= 4 is 12.4 Å². The molecule has 0 saturated heterocycles. The second-order valence-corrected chi connectivity index (χ2v) is 4.71. The van der Waals surface area contributed by atoms with E-state index in [2.05, 4.69) is 0 Å². The molecule has 0 spiro atoms. The van der Waals surface area contributed by atoms with Gasteiger partial charge in [0.1, 0.15) is 5.75 Å². The second kappa shape index (κ2) is 6.79. The maximum Gasteiger partial charge on any atom is 1.00 e. The quantitative estimate of drug-likeness (QED) is 0.719. The first-order chi connectivity index (χ1) is 7.97. The zero-order valence-corrected chi connectivity index (χ0v) is 13.9. The van der Waals surface area contributed by atoms with Crippen LogP contribution in [0.2, 0.25) is 0 Å². The summed E-state index contributed by atoms with van der Waals surface area (Å²) in [6.45, 7) is -2.64. The van der Waals surface area contributed by atoms with Gasteiger partial charge in [-0.3, -0.25) is 0 Å². The van der Waals surface area contributed by atoms with Crippen LogP contribution in [0.4, 0.5) is 12.9 Å². The Morgan fingerprint density at radius 3 is 2.39 bits per heavy atom. The third-order valence-electron chi connectivity index (χ3n) is 3.28. The Bertz CT molecular complexity index is 405. The fraction of sp³-hybridized carbons (Fsp3) is 0.500. The van der Waals surface area contributed by atoms with E-state index in [9.17, 15) is 12.9 Å². The molecule has 1 fully saturated rings. The molecule has 0 radical (unpaired) electrons. The molecule has 2 rings (SSSR count).